The second kappa shape index (κ2) is 5.25. The van der Waals surface area contributed by atoms with Crippen LogP contribution in [0.3, 0.4) is 0 Å². The van der Waals surface area contributed by atoms with Gasteiger partial charge in [-0.3, -0.25) is 0 Å². The molecule has 1 aromatic rings. The highest BCUT2D eigenvalue weighted by atomic mass is 16.3. The third-order valence-corrected chi connectivity index (χ3v) is 4.20. The summed E-state index contributed by atoms with van der Waals surface area (Å²) in [7, 11) is 0. The van der Waals surface area contributed by atoms with E-state index in [1.165, 1.54) is 5.57 Å². The number of para-hydroxylation sites is 2. The Morgan fingerprint density at radius 1 is 1.42 bits per heavy atom. The van der Waals surface area contributed by atoms with Gasteiger partial charge in [-0.1, -0.05) is 24.3 Å². The molecule has 2 unspecified atom stereocenters. The molecular weight excluding hydrogens is 238 g/mol. The van der Waals surface area contributed by atoms with Gasteiger partial charge in [-0.25, -0.2) is 0 Å². The van der Waals surface area contributed by atoms with E-state index in [0.717, 1.165) is 19.3 Å². The molecule has 0 amide bonds. The summed E-state index contributed by atoms with van der Waals surface area (Å²) in [6, 6.07) is 7.06. The van der Waals surface area contributed by atoms with Crippen LogP contribution in [0.5, 0.6) is 5.75 Å². The maximum Gasteiger partial charge on any atom is 0.138 e. The van der Waals surface area contributed by atoms with E-state index in [4.69, 9.17) is 0 Å². The Balaban J connectivity index is 2.16. The Labute approximate surface area is 115 Å². The number of hydrogen-bond donors (Lipinski definition) is 3. The molecule has 104 valence electrons. The molecule has 0 aliphatic heterocycles. The lowest BCUT2D eigenvalue weighted by Gasteiger charge is -2.42. The highest BCUT2D eigenvalue weighted by Crippen LogP contribution is 2.37. The molecule has 3 N–H and O–H groups in total. The van der Waals surface area contributed by atoms with Gasteiger partial charge in [0.05, 0.1) is 17.3 Å². The van der Waals surface area contributed by atoms with Gasteiger partial charge < -0.3 is 15.5 Å². The maximum absolute atomic E-state index is 10.5. The second-order valence-electron chi connectivity index (χ2n) is 5.89. The standard InChI is InChI=1S/C16H23NO2/c1-11(2)12-8-9-16(3,19)15(10-12)17-13-6-4-5-7-14(13)18/h4-7,12,15,17-19H,1,8-10H2,2-3H3/t12-,15?,16?/m1/s1. The van der Waals surface area contributed by atoms with Crippen LogP contribution in [0, 0.1) is 5.92 Å². The van der Waals surface area contributed by atoms with E-state index >= 15 is 0 Å². The van der Waals surface area contributed by atoms with Gasteiger partial charge in [0.25, 0.3) is 0 Å². The van der Waals surface area contributed by atoms with E-state index in [1.807, 2.05) is 26.0 Å². The molecule has 0 aromatic heterocycles. The summed E-state index contributed by atoms with van der Waals surface area (Å²) in [4.78, 5) is 0. The van der Waals surface area contributed by atoms with Gasteiger partial charge in [-0.05, 0) is 51.2 Å². The number of anilines is 1. The minimum Gasteiger partial charge on any atom is -0.506 e. The smallest absolute Gasteiger partial charge is 0.138 e. The molecule has 19 heavy (non-hydrogen) atoms. The molecule has 1 saturated carbocycles. The van der Waals surface area contributed by atoms with Crippen molar-refractivity contribution in [2.75, 3.05) is 5.32 Å². The Morgan fingerprint density at radius 2 is 2.11 bits per heavy atom. The molecule has 0 bridgehead atoms. The zero-order chi connectivity index (χ0) is 14.0. The van der Waals surface area contributed by atoms with Crippen LogP contribution in [-0.2, 0) is 0 Å². The first-order chi connectivity index (χ1) is 8.90. The molecule has 0 spiro atoms. The normalized spacial score (nSPS) is 30.9. The fourth-order valence-electron chi connectivity index (χ4n) is 2.74. The summed E-state index contributed by atoms with van der Waals surface area (Å²) < 4.78 is 0. The number of rotatable bonds is 3. The first-order valence-corrected chi connectivity index (χ1v) is 6.82. The monoisotopic (exact) mass is 261 g/mol. The van der Waals surface area contributed by atoms with Crippen molar-refractivity contribution in [2.45, 2.75) is 44.8 Å². The quantitative estimate of drug-likeness (QED) is 0.578. The summed E-state index contributed by atoms with van der Waals surface area (Å²) >= 11 is 0. The van der Waals surface area contributed by atoms with E-state index in [-0.39, 0.29) is 11.8 Å². The van der Waals surface area contributed by atoms with Gasteiger partial charge in [-0.15, -0.1) is 0 Å². The minimum absolute atomic E-state index is 0.0729. The van der Waals surface area contributed by atoms with E-state index < -0.39 is 5.60 Å². The first-order valence-electron chi connectivity index (χ1n) is 6.82. The zero-order valence-electron chi connectivity index (χ0n) is 11.7. The van der Waals surface area contributed by atoms with Gasteiger partial charge in [0.2, 0.25) is 0 Å². The minimum atomic E-state index is -0.756. The van der Waals surface area contributed by atoms with Crippen molar-refractivity contribution < 1.29 is 10.2 Å². The van der Waals surface area contributed by atoms with Crippen LogP contribution >= 0.6 is 0 Å². The molecule has 1 aliphatic carbocycles. The SMILES string of the molecule is C=C(C)[C@@H]1CCC(C)(O)C(Nc2ccccc2O)C1. The van der Waals surface area contributed by atoms with Crippen LogP contribution in [0.2, 0.25) is 0 Å². The summed E-state index contributed by atoms with van der Waals surface area (Å²) in [6.07, 6.45) is 2.56. The van der Waals surface area contributed by atoms with Crippen molar-refractivity contribution in [2.24, 2.45) is 5.92 Å². The molecule has 0 heterocycles. The molecule has 3 nitrogen and oxygen atoms in total. The number of aromatic hydroxyl groups is 1. The third-order valence-electron chi connectivity index (χ3n) is 4.20. The van der Waals surface area contributed by atoms with Crippen LogP contribution in [-0.4, -0.2) is 21.9 Å². The average Bonchev–Trinajstić information content (AvgIpc) is 2.34. The van der Waals surface area contributed by atoms with Crippen LogP contribution in [0.25, 0.3) is 0 Å². The van der Waals surface area contributed by atoms with Gasteiger partial charge in [-0.2, -0.15) is 0 Å². The van der Waals surface area contributed by atoms with Gasteiger partial charge in [0.1, 0.15) is 5.75 Å². The van der Waals surface area contributed by atoms with Gasteiger partial charge in [0.15, 0.2) is 0 Å². The Morgan fingerprint density at radius 3 is 2.74 bits per heavy atom. The van der Waals surface area contributed by atoms with Crippen LogP contribution in [0.4, 0.5) is 5.69 Å². The molecule has 2 rings (SSSR count). The van der Waals surface area contributed by atoms with Crippen molar-refractivity contribution in [1.82, 2.24) is 0 Å². The predicted molar refractivity (Wildman–Crippen MR) is 78.3 cm³/mol. The highest BCUT2D eigenvalue weighted by Gasteiger charge is 2.38. The van der Waals surface area contributed by atoms with Crippen molar-refractivity contribution in [3.63, 3.8) is 0 Å². The second-order valence-corrected chi connectivity index (χ2v) is 5.89. The molecule has 0 saturated heterocycles. The van der Waals surface area contributed by atoms with E-state index in [9.17, 15) is 10.2 Å². The van der Waals surface area contributed by atoms with Crippen LogP contribution in [0.1, 0.15) is 33.1 Å². The molecule has 3 atom stereocenters. The summed E-state index contributed by atoms with van der Waals surface area (Å²) in [5, 5.41) is 23.6. The molecule has 0 radical (unpaired) electrons. The lowest BCUT2D eigenvalue weighted by Crippen LogP contribution is -2.49. The number of nitrogens with one attached hydrogen (secondary N) is 1. The van der Waals surface area contributed by atoms with Crippen molar-refractivity contribution in [3.05, 3.63) is 36.4 Å². The highest BCUT2D eigenvalue weighted by molar-refractivity contribution is 5.56. The molecule has 3 heteroatoms. The zero-order valence-corrected chi connectivity index (χ0v) is 11.7. The van der Waals surface area contributed by atoms with E-state index in [2.05, 4.69) is 11.9 Å². The fourth-order valence-corrected chi connectivity index (χ4v) is 2.74. The topological polar surface area (TPSA) is 52.5 Å². The van der Waals surface area contributed by atoms with Gasteiger partial charge in [0, 0.05) is 0 Å². The number of allylic oxidation sites excluding steroid dienone is 1. The van der Waals surface area contributed by atoms with Crippen LogP contribution < -0.4 is 5.32 Å². The molecule has 1 aliphatic rings. The maximum atomic E-state index is 10.5. The summed E-state index contributed by atoms with van der Waals surface area (Å²) in [5.74, 6) is 0.652. The van der Waals surface area contributed by atoms with Crippen molar-refractivity contribution in [1.29, 1.82) is 0 Å². The molecular formula is C16H23NO2. The summed E-state index contributed by atoms with van der Waals surface area (Å²) in [5.41, 5.74) is 1.09. The number of phenols is 1. The number of benzene rings is 1. The fraction of sp³-hybridized carbons (Fsp3) is 0.500. The van der Waals surface area contributed by atoms with Crippen molar-refractivity contribution >= 4 is 5.69 Å². The molecule has 1 fully saturated rings. The Hall–Kier alpha value is -1.48. The Bertz CT molecular complexity index is 468. The van der Waals surface area contributed by atoms with E-state index in [1.54, 1.807) is 12.1 Å². The molecule has 1 aromatic carbocycles. The third kappa shape index (κ3) is 3.10. The number of phenolic OH excluding ortho intramolecular Hbond substituents is 1. The lowest BCUT2D eigenvalue weighted by atomic mass is 9.74. The Kier molecular flexibility index (Phi) is 3.85. The first kappa shape index (κ1) is 13.9. The van der Waals surface area contributed by atoms with E-state index in [0.29, 0.717) is 11.6 Å². The van der Waals surface area contributed by atoms with Crippen molar-refractivity contribution in [3.8, 4) is 5.75 Å². The largest absolute Gasteiger partial charge is 0.506 e. The van der Waals surface area contributed by atoms with Crippen LogP contribution in [0.15, 0.2) is 36.4 Å². The predicted octanol–water partition coefficient (Wildman–Crippen LogP) is 3.30. The lowest BCUT2D eigenvalue weighted by molar-refractivity contribution is 0.000553. The number of aliphatic hydroxyl groups is 1. The van der Waals surface area contributed by atoms with Gasteiger partial charge >= 0.3 is 0 Å². The average molecular weight is 261 g/mol. The summed E-state index contributed by atoms with van der Waals surface area (Å²) in [6.45, 7) is 7.93. The number of hydrogen-bond acceptors (Lipinski definition) is 3.